The van der Waals surface area contributed by atoms with Crippen molar-refractivity contribution >= 4 is 34.2 Å². The average Bonchev–Trinajstić information content (AvgIpc) is 2.36. The van der Waals surface area contributed by atoms with Gasteiger partial charge in [0, 0.05) is 30.3 Å². The van der Waals surface area contributed by atoms with Gasteiger partial charge in [-0.2, -0.15) is 24.4 Å². The van der Waals surface area contributed by atoms with Gasteiger partial charge >= 0.3 is 0 Å². The summed E-state index contributed by atoms with van der Waals surface area (Å²) in [7, 11) is -2.95. The van der Waals surface area contributed by atoms with Gasteiger partial charge in [-0.1, -0.05) is 20.3 Å². The van der Waals surface area contributed by atoms with Crippen LogP contribution in [0.15, 0.2) is 0 Å². The lowest BCUT2D eigenvalue weighted by molar-refractivity contribution is 0.233. The smallest absolute Gasteiger partial charge is 0.166 e. The van der Waals surface area contributed by atoms with Crippen molar-refractivity contribution in [2.45, 2.75) is 25.6 Å². The van der Waals surface area contributed by atoms with Gasteiger partial charge in [0.05, 0.1) is 0 Å². The largest absolute Gasteiger partial charge is 0.285 e. The normalized spacial score (nSPS) is 24.8. The molecule has 0 aromatic carbocycles. The Morgan fingerprint density at radius 1 is 1.47 bits per heavy atom. The fourth-order valence-electron chi connectivity index (χ4n) is 1.99. The Morgan fingerprint density at radius 2 is 2.18 bits per heavy atom. The van der Waals surface area contributed by atoms with Crippen molar-refractivity contribution in [2.24, 2.45) is 5.92 Å². The zero-order valence-electron chi connectivity index (χ0n) is 10.6. The van der Waals surface area contributed by atoms with Gasteiger partial charge in [-0.25, -0.2) is 8.42 Å². The molecule has 1 aliphatic heterocycles. The van der Waals surface area contributed by atoms with E-state index in [0.29, 0.717) is 5.92 Å². The van der Waals surface area contributed by atoms with Crippen LogP contribution in [0.4, 0.5) is 0 Å². The van der Waals surface area contributed by atoms with E-state index in [4.69, 9.17) is 0 Å². The summed E-state index contributed by atoms with van der Waals surface area (Å²) < 4.78 is 24.1. The lowest BCUT2D eigenvalue weighted by Gasteiger charge is -2.36. The van der Waals surface area contributed by atoms with Gasteiger partial charge in [-0.05, 0) is 11.7 Å². The highest BCUT2D eigenvalue weighted by Crippen LogP contribution is 2.23. The van der Waals surface area contributed by atoms with E-state index in [9.17, 15) is 8.42 Å². The molecule has 6 heteroatoms. The van der Waals surface area contributed by atoms with Crippen LogP contribution in [0.5, 0.6) is 0 Å². The summed E-state index contributed by atoms with van der Waals surface area (Å²) >= 11 is 6.09. The van der Waals surface area contributed by atoms with E-state index in [-0.39, 0.29) is 11.1 Å². The monoisotopic (exact) mass is 297 g/mol. The Hall–Kier alpha value is 0.610. The predicted octanol–water partition coefficient (Wildman–Crippen LogP) is 1.75. The fraction of sp³-hybridized carbons (Fsp3) is 1.00. The zero-order valence-corrected chi connectivity index (χ0v) is 13.2. The van der Waals surface area contributed by atoms with Crippen molar-refractivity contribution in [3.8, 4) is 0 Å². The maximum atomic E-state index is 12.0. The molecule has 0 spiro atoms. The average molecular weight is 298 g/mol. The molecular formula is C11H23NO2S3. The second-order valence-corrected chi connectivity index (χ2v) is 8.40. The molecule has 0 radical (unpaired) electrons. The number of thiol groups is 1. The Labute approximate surface area is 115 Å². The quantitative estimate of drug-likeness (QED) is 0.758. The first-order valence-electron chi connectivity index (χ1n) is 6.19. The molecular weight excluding hydrogens is 274 g/mol. The fourth-order valence-corrected chi connectivity index (χ4v) is 5.46. The summed E-state index contributed by atoms with van der Waals surface area (Å²) in [6, 6.07) is 0. The van der Waals surface area contributed by atoms with Crippen LogP contribution < -0.4 is 0 Å². The van der Waals surface area contributed by atoms with Crippen molar-refractivity contribution < 1.29 is 8.42 Å². The molecule has 1 rings (SSSR count). The Balaban J connectivity index is 2.72. The number of hydrogen-bond donors (Lipinski definition) is 1. The molecule has 17 heavy (non-hydrogen) atoms. The number of nitrogens with zero attached hydrogens (tertiary/aromatic N) is 1. The molecule has 0 aromatic heterocycles. The van der Waals surface area contributed by atoms with Crippen molar-refractivity contribution in [2.75, 3.05) is 36.1 Å². The van der Waals surface area contributed by atoms with E-state index in [2.05, 4.69) is 24.5 Å². The first-order chi connectivity index (χ1) is 8.05. The van der Waals surface area contributed by atoms with E-state index in [1.54, 1.807) is 18.7 Å². The van der Waals surface area contributed by atoms with Crippen molar-refractivity contribution in [1.82, 2.24) is 4.90 Å². The van der Waals surface area contributed by atoms with Gasteiger partial charge in [0.25, 0.3) is 0 Å². The maximum absolute atomic E-state index is 12.0. The van der Waals surface area contributed by atoms with Gasteiger partial charge in [0.1, 0.15) is 5.37 Å². The Kier molecular flexibility index (Phi) is 6.69. The van der Waals surface area contributed by atoms with Gasteiger partial charge in [-0.3, -0.25) is 4.90 Å². The maximum Gasteiger partial charge on any atom is 0.166 e. The standard InChI is InChI=1S/C11H23NO2S3/c1-3-10(8-15)7-12-5-6-16-9-11(12)17(13,14)4-2/h10-11,15H,3-9H2,1-2H3. The highest BCUT2D eigenvalue weighted by molar-refractivity contribution is 8.01. The third-order valence-corrected chi connectivity index (χ3v) is 7.18. The van der Waals surface area contributed by atoms with Crippen LogP contribution in [0.25, 0.3) is 0 Å². The highest BCUT2D eigenvalue weighted by atomic mass is 32.2. The molecule has 2 unspecified atom stereocenters. The molecule has 0 aromatic rings. The Bertz CT molecular complexity index is 315. The topological polar surface area (TPSA) is 37.4 Å². The lowest BCUT2D eigenvalue weighted by atomic mass is 10.1. The van der Waals surface area contributed by atoms with Crippen LogP contribution in [-0.4, -0.2) is 54.8 Å². The van der Waals surface area contributed by atoms with Gasteiger partial charge < -0.3 is 0 Å². The van der Waals surface area contributed by atoms with Gasteiger partial charge in [0.15, 0.2) is 9.84 Å². The molecule has 0 amide bonds. The van der Waals surface area contributed by atoms with E-state index in [0.717, 1.165) is 36.8 Å². The van der Waals surface area contributed by atoms with Crippen LogP contribution in [0.3, 0.4) is 0 Å². The second-order valence-electron chi connectivity index (χ2n) is 4.43. The highest BCUT2D eigenvalue weighted by Gasteiger charge is 2.33. The minimum absolute atomic E-state index is 0.242. The molecule has 3 nitrogen and oxygen atoms in total. The summed E-state index contributed by atoms with van der Waals surface area (Å²) in [4.78, 5) is 2.15. The Morgan fingerprint density at radius 3 is 2.71 bits per heavy atom. The zero-order chi connectivity index (χ0) is 12.9. The minimum Gasteiger partial charge on any atom is -0.285 e. The van der Waals surface area contributed by atoms with Crippen LogP contribution in [0.1, 0.15) is 20.3 Å². The second kappa shape index (κ2) is 7.26. The first-order valence-corrected chi connectivity index (χ1v) is 9.69. The van der Waals surface area contributed by atoms with E-state index in [1.165, 1.54) is 0 Å². The number of rotatable bonds is 6. The van der Waals surface area contributed by atoms with Crippen LogP contribution in [-0.2, 0) is 9.84 Å². The third kappa shape index (κ3) is 4.33. The van der Waals surface area contributed by atoms with Crippen LogP contribution in [0, 0.1) is 5.92 Å². The number of thioether (sulfide) groups is 1. The van der Waals surface area contributed by atoms with E-state index < -0.39 is 9.84 Å². The van der Waals surface area contributed by atoms with E-state index >= 15 is 0 Å². The molecule has 1 aliphatic rings. The van der Waals surface area contributed by atoms with Crippen LogP contribution in [0.2, 0.25) is 0 Å². The molecule has 0 bridgehead atoms. The third-order valence-electron chi connectivity index (χ3n) is 3.34. The number of hydrogen-bond acceptors (Lipinski definition) is 5. The summed E-state index contributed by atoms with van der Waals surface area (Å²) in [6.45, 7) is 5.63. The lowest BCUT2D eigenvalue weighted by Crippen LogP contribution is -2.49. The predicted molar refractivity (Wildman–Crippen MR) is 79.8 cm³/mol. The van der Waals surface area contributed by atoms with Crippen LogP contribution >= 0.6 is 24.4 Å². The minimum atomic E-state index is -2.95. The molecule has 0 saturated carbocycles. The summed E-state index contributed by atoms with van der Waals surface area (Å²) in [5, 5.41) is -0.278. The van der Waals surface area contributed by atoms with Gasteiger partial charge in [0.2, 0.25) is 0 Å². The van der Waals surface area contributed by atoms with E-state index in [1.807, 2.05) is 0 Å². The van der Waals surface area contributed by atoms with Crippen molar-refractivity contribution in [1.29, 1.82) is 0 Å². The number of sulfone groups is 1. The molecule has 102 valence electrons. The van der Waals surface area contributed by atoms with Crippen molar-refractivity contribution in [3.05, 3.63) is 0 Å². The SMILES string of the molecule is CCC(CS)CN1CCSCC1S(=O)(=O)CC. The molecule has 2 atom stereocenters. The summed E-state index contributed by atoms with van der Waals surface area (Å²) in [6.07, 6.45) is 1.06. The van der Waals surface area contributed by atoms with Crippen molar-refractivity contribution in [3.63, 3.8) is 0 Å². The molecule has 0 aliphatic carbocycles. The first kappa shape index (κ1) is 15.7. The summed E-state index contributed by atoms with van der Waals surface area (Å²) in [5.74, 6) is 3.33. The molecule has 0 N–H and O–H groups in total. The molecule has 1 saturated heterocycles. The summed E-state index contributed by atoms with van der Waals surface area (Å²) in [5.41, 5.74) is 0. The molecule has 1 fully saturated rings. The molecule has 1 heterocycles. The van der Waals surface area contributed by atoms with Gasteiger partial charge in [-0.15, -0.1) is 0 Å².